The summed E-state index contributed by atoms with van der Waals surface area (Å²) in [6, 6.07) is 6.68. The lowest BCUT2D eigenvalue weighted by Crippen LogP contribution is -2.19. The summed E-state index contributed by atoms with van der Waals surface area (Å²) in [5, 5.41) is 13.2. The van der Waals surface area contributed by atoms with Crippen molar-refractivity contribution in [2.24, 2.45) is 0 Å². The molecule has 0 atom stereocenters. The number of hydrogen-bond donors (Lipinski definition) is 2. The average Bonchev–Trinajstić information content (AvgIpc) is 2.49. The number of fused-ring (bicyclic) bond motifs is 1. The Morgan fingerprint density at radius 1 is 1.29 bits per heavy atom. The lowest BCUT2D eigenvalue weighted by Gasteiger charge is -2.17. The number of aryl methyl sites for hydroxylation is 2. The number of benzene rings is 1. The van der Waals surface area contributed by atoms with Crippen LogP contribution in [0, 0.1) is 0 Å². The van der Waals surface area contributed by atoms with E-state index in [1.165, 1.54) is 36.1 Å². The van der Waals surface area contributed by atoms with E-state index < -0.39 is 5.60 Å². The summed E-state index contributed by atoms with van der Waals surface area (Å²) in [6.07, 6.45) is 5.48. The van der Waals surface area contributed by atoms with E-state index in [1.54, 1.807) is 0 Å². The van der Waals surface area contributed by atoms with Crippen LogP contribution in [0.3, 0.4) is 0 Å². The normalized spacial score (nSPS) is 15.9. The van der Waals surface area contributed by atoms with Crippen molar-refractivity contribution >= 4 is 5.69 Å². The molecule has 0 spiro atoms. The van der Waals surface area contributed by atoms with Crippen LogP contribution in [0.4, 0.5) is 5.69 Å². The molecule has 0 aliphatic carbocycles. The fraction of sp³-hybridized carbons (Fsp3) is 0.600. The third-order valence-corrected chi connectivity index (χ3v) is 3.38. The lowest BCUT2D eigenvalue weighted by atomic mass is 9.96. The second kappa shape index (κ2) is 5.09. The molecule has 1 aromatic rings. The maximum atomic E-state index is 9.75. The van der Waals surface area contributed by atoms with Crippen LogP contribution < -0.4 is 5.32 Å². The van der Waals surface area contributed by atoms with Crippen LogP contribution >= 0.6 is 0 Å². The van der Waals surface area contributed by atoms with E-state index >= 15 is 0 Å². The molecule has 0 radical (unpaired) electrons. The Balaban J connectivity index is 2.07. The van der Waals surface area contributed by atoms with Gasteiger partial charge in [0.2, 0.25) is 0 Å². The largest absolute Gasteiger partial charge is 0.390 e. The molecule has 0 bridgehead atoms. The van der Waals surface area contributed by atoms with Gasteiger partial charge in [0, 0.05) is 12.2 Å². The van der Waals surface area contributed by atoms with Gasteiger partial charge >= 0.3 is 0 Å². The van der Waals surface area contributed by atoms with Crippen molar-refractivity contribution in [3.05, 3.63) is 29.3 Å². The van der Waals surface area contributed by atoms with Gasteiger partial charge in [0.05, 0.1) is 5.60 Å². The molecule has 1 aliphatic rings. The van der Waals surface area contributed by atoms with E-state index in [1.807, 2.05) is 13.8 Å². The molecule has 1 aliphatic heterocycles. The molecule has 0 amide bonds. The SMILES string of the molecule is CC(C)(O)CCc1ccc2c(c1)CCCCN2. The van der Waals surface area contributed by atoms with Crippen LogP contribution in [0.2, 0.25) is 0 Å². The molecule has 2 heteroatoms. The minimum atomic E-state index is -0.564. The van der Waals surface area contributed by atoms with Crippen molar-refractivity contribution in [3.8, 4) is 0 Å². The molecule has 0 aromatic heterocycles. The zero-order valence-corrected chi connectivity index (χ0v) is 10.9. The van der Waals surface area contributed by atoms with Crippen LogP contribution in [0.15, 0.2) is 18.2 Å². The van der Waals surface area contributed by atoms with Crippen molar-refractivity contribution in [1.82, 2.24) is 0 Å². The first-order valence-electron chi connectivity index (χ1n) is 6.63. The van der Waals surface area contributed by atoms with Gasteiger partial charge in [0.15, 0.2) is 0 Å². The fourth-order valence-electron chi connectivity index (χ4n) is 2.30. The number of nitrogens with one attached hydrogen (secondary N) is 1. The molecule has 2 nitrogen and oxygen atoms in total. The summed E-state index contributed by atoms with van der Waals surface area (Å²) in [5.41, 5.74) is 3.52. The number of rotatable bonds is 3. The molecule has 0 saturated heterocycles. The van der Waals surface area contributed by atoms with Crippen LogP contribution in [-0.2, 0) is 12.8 Å². The third kappa shape index (κ3) is 3.74. The third-order valence-electron chi connectivity index (χ3n) is 3.38. The zero-order valence-electron chi connectivity index (χ0n) is 10.9. The van der Waals surface area contributed by atoms with E-state index in [-0.39, 0.29) is 0 Å². The Morgan fingerprint density at radius 3 is 2.88 bits per heavy atom. The van der Waals surface area contributed by atoms with Gasteiger partial charge in [-0.1, -0.05) is 12.1 Å². The molecule has 2 rings (SSSR count). The van der Waals surface area contributed by atoms with E-state index in [4.69, 9.17) is 0 Å². The van der Waals surface area contributed by atoms with Crippen molar-refractivity contribution in [1.29, 1.82) is 0 Å². The smallest absolute Gasteiger partial charge is 0.0594 e. The molecule has 1 heterocycles. The highest BCUT2D eigenvalue weighted by Gasteiger charge is 2.13. The van der Waals surface area contributed by atoms with Gasteiger partial charge in [-0.15, -0.1) is 0 Å². The summed E-state index contributed by atoms with van der Waals surface area (Å²) in [4.78, 5) is 0. The molecule has 1 aromatic carbocycles. The standard InChI is InChI=1S/C15H23NO/c1-15(2,17)9-8-12-6-7-14-13(11-12)5-3-4-10-16-14/h6-7,11,16-17H,3-5,8-10H2,1-2H3. The lowest BCUT2D eigenvalue weighted by molar-refractivity contribution is 0.0714. The number of aliphatic hydroxyl groups is 1. The maximum Gasteiger partial charge on any atom is 0.0594 e. The summed E-state index contributed by atoms with van der Waals surface area (Å²) in [7, 11) is 0. The highest BCUT2D eigenvalue weighted by atomic mass is 16.3. The summed E-state index contributed by atoms with van der Waals surface area (Å²) < 4.78 is 0. The Kier molecular flexibility index (Phi) is 3.72. The monoisotopic (exact) mass is 233 g/mol. The zero-order chi connectivity index (χ0) is 12.3. The van der Waals surface area contributed by atoms with Crippen LogP contribution in [0.1, 0.15) is 44.2 Å². The first-order valence-corrected chi connectivity index (χ1v) is 6.63. The first kappa shape index (κ1) is 12.4. The predicted octanol–water partition coefficient (Wildman–Crippen LogP) is 3.14. The summed E-state index contributed by atoms with van der Waals surface area (Å²) >= 11 is 0. The van der Waals surface area contributed by atoms with Gasteiger partial charge in [-0.2, -0.15) is 0 Å². The van der Waals surface area contributed by atoms with Crippen molar-refractivity contribution < 1.29 is 5.11 Å². The van der Waals surface area contributed by atoms with E-state index in [0.29, 0.717) is 0 Å². The number of anilines is 1. The fourth-order valence-corrected chi connectivity index (χ4v) is 2.30. The average molecular weight is 233 g/mol. The van der Waals surface area contributed by atoms with E-state index in [0.717, 1.165) is 19.4 Å². The Bertz CT molecular complexity index is 379. The van der Waals surface area contributed by atoms with Gasteiger partial charge < -0.3 is 10.4 Å². The molecular formula is C15H23NO. The summed E-state index contributed by atoms with van der Waals surface area (Å²) in [6.45, 7) is 4.84. The first-order chi connectivity index (χ1) is 8.04. The molecule has 17 heavy (non-hydrogen) atoms. The van der Waals surface area contributed by atoms with E-state index in [2.05, 4.69) is 23.5 Å². The maximum absolute atomic E-state index is 9.75. The molecule has 0 saturated carbocycles. The van der Waals surface area contributed by atoms with Crippen LogP contribution in [0.25, 0.3) is 0 Å². The molecule has 94 valence electrons. The summed E-state index contributed by atoms with van der Waals surface area (Å²) in [5.74, 6) is 0. The second-order valence-corrected chi connectivity index (χ2v) is 5.69. The van der Waals surface area contributed by atoms with Gasteiger partial charge in [0.25, 0.3) is 0 Å². The van der Waals surface area contributed by atoms with Gasteiger partial charge in [-0.3, -0.25) is 0 Å². The quantitative estimate of drug-likeness (QED) is 0.840. The van der Waals surface area contributed by atoms with Gasteiger partial charge in [-0.25, -0.2) is 0 Å². The second-order valence-electron chi connectivity index (χ2n) is 5.69. The highest BCUT2D eigenvalue weighted by molar-refractivity contribution is 5.53. The van der Waals surface area contributed by atoms with Crippen molar-refractivity contribution in [3.63, 3.8) is 0 Å². The Morgan fingerprint density at radius 2 is 2.12 bits per heavy atom. The minimum absolute atomic E-state index is 0.564. The minimum Gasteiger partial charge on any atom is -0.390 e. The molecule has 0 fully saturated rings. The topological polar surface area (TPSA) is 32.3 Å². The molecule has 0 unspecified atom stereocenters. The Hall–Kier alpha value is -1.02. The Labute approximate surface area is 104 Å². The van der Waals surface area contributed by atoms with Gasteiger partial charge in [-0.05, 0) is 63.1 Å². The molecule has 2 N–H and O–H groups in total. The van der Waals surface area contributed by atoms with Crippen molar-refractivity contribution in [2.75, 3.05) is 11.9 Å². The van der Waals surface area contributed by atoms with Crippen LogP contribution in [-0.4, -0.2) is 17.3 Å². The predicted molar refractivity (Wildman–Crippen MR) is 72.5 cm³/mol. The van der Waals surface area contributed by atoms with Crippen LogP contribution in [0.5, 0.6) is 0 Å². The van der Waals surface area contributed by atoms with Gasteiger partial charge in [0.1, 0.15) is 0 Å². The highest BCUT2D eigenvalue weighted by Crippen LogP contribution is 2.24. The number of hydrogen-bond acceptors (Lipinski definition) is 2. The molecular weight excluding hydrogens is 210 g/mol. The van der Waals surface area contributed by atoms with E-state index in [9.17, 15) is 5.11 Å². The van der Waals surface area contributed by atoms with Crippen molar-refractivity contribution in [2.45, 2.75) is 51.6 Å².